The number of aliphatic hydroxyl groups excluding tert-OH is 3. The number of esters is 1. The molecule has 6 unspecified atom stereocenters. The van der Waals surface area contributed by atoms with Crippen molar-refractivity contribution in [2.24, 2.45) is 0 Å². The van der Waals surface area contributed by atoms with E-state index in [0.717, 1.165) is 128 Å². The molecular weight excluding hydrogens is 933 g/mol. The zero-order valence-electron chi connectivity index (χ0n) is 43.7. The molecule has 0 amide bonds. The Morgan fingerprint density at radius 3 is 1.33 bits per heavy atom. The van der Waals surface area contributed by atoms with Gasteiger partial charge in [0, 0.05) is 13.0 Å². The molecule has 1 rings (SSSR count). The predicted molar refractivity (Wildman–Crippen MR) is 293 cm³/mol. The van der Waals surface area contributed by atoms with Crippen LogP contribution in [-0.4, -0.2) is 97.5 Å². The van der Waals surface area contributed by atoms with Crippen LogP contribution in [0.3, 0.4) is 0 Å². The quantitative estimate of drug-likeness (QED) is 0.0197. The normalized spacial score (nSPS) is 20.1. The van der Waals surface area contributed by atoms with Gasteiger partial charge in [0.2, 0.25) is 0 Å². The van der Waals surface area contributed by atoms with Gasteiger partial charge in [0.25, 0.3) is 0 Å². The summed E-state index contributed by atoms with van der Waals surface area (Å²) in [7, 11) is -5.09. The van der Waals surface area contributed by atoms with Crippen LogP contribution in [0.2, 0.25) is 0 Å². The Morgan fingerprint density at radius 1 is 0.528 bits per heavy atom. The maximum Gasteiger partial charge on any atom is 0.397 e. The van der Waals surface area contributed by atoms with Crippen molar-refractivity contribution in [2.75, 3.05) is 26.4 Å². The molecule has 72 heavy (non-hydrogen) atoms. The lowest BCUT2D eigenvalue weighted by Crippen LogP contribution is -2.60. The van der Waals surface area contributed by atoms with Crippen LogP contribution in [-0.2, 0) is 38.3 Å². The number of hydrogen-bond acceptors (Lipinski definition) is 11. The Bertz CT molecular complexity index is 1800. The molecule has 12 nitrogen and oxygen atoms in total. The predicted octanol–water partition coefficient (Wildman–Crippen LogP) is 12.9. The Hall–Kier alpha value is -4.02. The van der Waals surface area contributed by atoms with Crippen LogP contribution in [0.15, 0.2) is 146 Å². The summed E-state index contributed by atoms with van der Waals surface area (Å²) in [5, 5.41) is 30.8. The van der Waals surface area contributed by atoms with E-state index in [1.165, 1.54) is 0 Å². The number of carbonyl (C=O) groups is 1. The molecule has 0 radical (unpaired) electrons. The van der Waals surface area contributed by atoms with Gasteiger partial charge in [-0.3, -0.25) is 9.35 Å². The van der Waals surface area contributed by atoms with E-state index < -0.39 is 59.8 Å². The third-order valence-electron chi connectivity index (χ3n) is 11.0. The van der Waals surface area contributed by atoms with Crippen LogP contribution < -0.4 is 0 Å². The number of hydrogen-bond donors (Lipinski definition) is 4. The smallest absolute Gasteiger partial charge is 0.397 e. The van der Waals surface area contributed by atoms with E-state index in [1.54, 1.807) is 0 Å². The van der Waals surface area contributed by atoms with Crippen molar-refractivity contribution in [3.05, 3.63) is 146 Å². The first-order valence-corrected chi connectivity index (χ1v) is 28.0. The van der Waals surface area contributed by atoms with Crippen LogP contribution >= 0.6 is 0 Å². The molecule has 406 valence electrons. The molecular formula is C59H92O12S. The minimum atomic E-state index is -5.09. The monoisotopic (exact) mass is 1020 g/mol. The van der Waals surface area contributed by atoms with Gasteiger partial charge in [-0.2, -0.15) is 8.42 Å². The van der Waals surface area contributed by atoms with Gasteiger partial charge in [-0.05, 0) is 116 Å². The molecule has 1 aliphatic rings. The second-order valence-electron chi connectivity index (χ2n) is 17.3. The summed E-state index contributed by atoms with van der Waals surface area (Å²) in [6, 6.07) is 0. The highest BCUT2D eigenvalue weighted by Crippen LogP contribution is 2.26. The maximum atomic E-state index is 12.9. The van der Waals surface area contributed by atoms with Crippen molar-refractivity contribution in [2.45, 2.75) is 192 Å². The fourth-order valence-corrected chi connectivity index (χ4v) is 7.54. The van der Waals surface area contributed by atoms with E-state index in [1.807, 2.05) is 0 Å². The number of aliphatic hydroxyl groups is 3. The van der Waals surface area contributed by atoms with Crippen LogP contribution in [0.5, 0.6) is 0 Å². The van der Waals surface area contributed by atoms with Gasteiger partial charge < -0.3 is 34.3 Å². The van der Waals surface area contributed by atoms with E-state index in [2.05, 4.69) is 164 Å². The van der Waals surface area contributed by atoms with E-state index >= 15 is 0 Å². The minimum absolute atomic E-state index is 0.0140. The highest BCUT2D eigenvalue weighted by Gasteiger charge is 2.48. The summed E-state index contributed by atoms with van der Waals surface area (Å²) in [5.41, 5.74) is 0. The zero-order valence-corrected chi connectivity index (χ0v) is 44.5. The molecule has 0 aromatic rings. The maximum absolute atomic E-state index is 12.9. The van der Waals surface area contributed by atoms with Crippen molar-refractivity contribution < 1.29 is 56.2 Å². The van der Waals surface area contributed by atoms with Gasteiger partial charge in [0.15, 0.2) is 6.29 Å². The minimum Gasteiger partial charge on any atom is -0.457 e. The second kappa shape index (κ2) is 48.0. The fraction of sp³-hybridized carbons (Fsp3) is 0.576. The number of unbranched alkanes of at least 4 members (excludes halogenated alkanes) is 7. The van der Waals surface area contributed by atoms with Gasteiger partial charge in [-0.15, -0.1) is 0 Å². The molecule has 0 saturated carbocycles. The molecule has 0 aromatic heterocycles. The molecule has 0 bridgehead atoms. The highest BCUT2D eigenvalue weighted by atomic mass is 32.3. The first-order valence-electron chi connectivity index (χ1n) is 26.6. The Labute approximate surface area is 435 Å². The van der Waals surface area contributed by atoms with Crippen molar-refractivity contribution >= 4 is 16.4 Å². The number of ether oxygens (including phenoxy) is 4. The number of allylic oxidation sites excluding steroid dienone is 24. The van der Waals surface area contributed by atoms with E-state index in [4.69, 9.17) is 18.9 Å². The summed E-state index contributed by atoms with van der Waals surface area (Å²) in [6.07, 6.45) is 63.0. The number of rotatable bonds is 44. The fourth-order valence-electron chi connectivity index (χ4n) is 7.03. The number of carbonyl (C=O) groups excluding carboxylic acids is 1. The van der Waals surface area contributed by atoms with E-state index in [0.29, 0.717) is 13.0 Å². The van der Waals surface area contributed by atoms with Gasteiger partial charge in [0.05, 0.1) is 19.8 Å². The third-order valence-corrected chi connectivity index (χ3v) is 11.4. The first kappa shape index (κ1) is 66.0. The van der Waals surface area contributed by atoms with E-state index in [9.17, 15) is 33.1 Å². The lowest BCUT2D eigenvalue weighted by atomic mass is 9.99. The molecule has 0 spiro atoms. The molecule has 1 heterocycles. The topological polar surface area (TPSA) is 178 Å². The van der Waals surface area contributed by atoms with Gasteiger partial charge >= 0.3 is 16.4 Å². The first-order chi connectivity index (χ1) is 35.1. The molecule has 1 fully saturated rings. The van der Waals surface area contributed by atoms with Crippen molar-refractivity contribution in [1.29, 1.82) is 0 Å². The summed E-state index contributed by atoms with van der Waals surface area (Å²) in [4.78, 5) is 12.9. The van der Waals surface area contributed by atoms with Gasteiger partial charge in [0.1, 0.15) is 30.5 Å². The summed E-state index contributed by atoms with van der Waals surface area (Å²) in [5.74, 6) is -0.440. The molecule has 1 aliphatic heterocycles. The second-order valence-corrected chi connectivity index (χ2v) is 18.4. The van der Waals surface area contributed by atoms with Crippen LogP contribution in [0.1, 0.15) is 155 Å². The SMILES string of the molecule is CC/C=C\C/C=C\C/C=C\C/C=C\C/C=C\C/C=C\C/C=C\CCCCOCC(COC1OC(CO)C(O)C(OS(=O)(=O)O)C1O)OC(=O)CCCCCCC/C=C\C/C=C\C/C=C\C/C=C\C/C=C\CC. The van der Waals surface area contributed by atoms with Crippen molar-refractivity contribution in [3.8, 4) is 0 Å². The van der Waals surface area contributed by atoms with Crippen LogP contribution in [0.25, 0.3) is 0 Å². The summed E-state index contributed by atoms with van der Waals surface area (Å²) < 4.78 is 59.2. The van der Waals surface area contributed by atoms with Crippen molar-refractivity contribution in [3.63, 3.8) is 0 Å². The summed E-state index contributed by atoms with van der Waals surface area (Å²) in [6.45, 7) is 3.60. The van der Waals surface area contributed by atoms with E-state index in [-0.39, 0.29) is 19.6 Å². The molecule has 0 aromatic carbocycles. The zero-order chi connectivity index (χ0) is 52.4. The average molecular weight is 1030 g/mol. The Morgan fingerprint density at radius 2 is 0.917 bits per heavy atom. The molecule has 0 aliphatic carbocycles. The average Bonchev–Trinajstić information content (AvgIpc) is 3.36. The molecule has 6 atom stereocenters. The van der Waals surface area contributed by atoms with Crippen LogP contribution in [0, 0.1) is 0 Å². The lowest BCUT2D eigenvalue weighted by Gasteiger charge is -2.41. The molecule has 4 N–H and O–H groups in total. The van der Waals surface area contributed by atoms with Gasteiger partial charge in [-0.25, -0.2) is 4.18 Å². The van der Waals surface area contributed by atoms with Crippen LogP contribution in [0.4, 0.5) is 0 Å². The Balaban J connectivity index is 2.43. The standard InChI is InChI=1S/C59H92O12S/c1-3-5-7-9-11-13-15-17-19-21-23-25-26-27-29-31-33-35-37-39-41-43-45-47-49-67-51-53(52-68-59-57(63)58(71-72(64,65)66)56(62)54(50-60)70-59)69-55(61)48-46-44-42-40-38-36-34-32-30-28-24-22-20-18-16-14-12-10-8-6-4-2/h5-8,11-14,17-20,23-25,27-29,32-35,39,41,53-54,56-60,62-63H,3-4,9-10,15-16,21-22,26,30-31,36-38,40,42-52H2,1-2H3,(H,64,65,66)/b7-5-,8-6-,13-11-,14-12-,19-17-,20-18-,25-23-,28-24-,29-27-,34-32-,35-33-,41-39-. The third kappa shape index (κ3) is 40.5. The highest BCUT2D eigenvalue weighted by molar-refractivity contribution is 7.80. The summed E-state index contributed by atoms with van der Waals surface area (Å²) >= 11 is 0. The van der Waals surface area contributed by atoms with Crippen molar-refractivity contribution in [1.82, 2.24) is 0 Å². The molecule has 1 saturated heterocycles. The molecule has 13 heteroatoms. The van der Waals surface area contributed by atoms with Gasteiger partial charge in [-0.1, -0.05) is 179 Å². The largest absolute Gasteiger partial charge is 0.457 e. The Kier molecular flexibility index (Phi) is 44.0. The lowest BCUT2D eigenvalue weighted by molar-refractivity contribution is -0.301.